The Balaban J connectivity index is 2.22. The molecule has 5 nitrogen and oxygen atoms in total. The number of rotatable bonds is 5. The van der Waals surface area contributed by atoms with E-state index in [-0.39, 0.29) is 5.82 Å². The van der Waals surface area contributed by atoms with E-state index in [2.05, 4.69) is 0 Å². The Hall–Kier alpha value is -1.50. The van der Waals surface area contributed by atoms with E-state index in [0.717, 1.165) is 0 Å². The zero-order valence-corrected chi connectivity index (χ0v) is 12.2. The van der Waals surface area contributed by atoms with Crippen LogP contribution in [-0.4, -0.2) is 55.0 Å². The summed E-state index contributed by atoms with van der Waals surface area (Å²) < 4.78 is 23.9. The third kappa shape index (κ3) is 3.78. The van der Waals surface area contributed by atoms with Gasteiger partial charge >= 0.3 is 5.97 Å². The molecule has 2 rings (SSSR count). The first-order valence-corrected chi connectivity index (χ1v) is 6.80. The zero-order valence-electron chi connectivity index (χ0n) is 12.2. The van der Waals surface area contributed by atoms with E-state index < -0.39 is 17.6 Å². The van der Waals surface area contributed by atoms with Gasteiger partial charge in [0, 0.05) is 20.2 Å². The Bertz CT molecular complexity index is 489. The van der Waals surface area contributed by atoms with Gasteiger partial charge in [0.2, 0.25) is 0 Å². The van der Waals surface area contributed by atoms with Crippen LogP contribution < -0.4 is 0 Å². The molecule has 0 amide bonds. The van der Waals surface area contributed by atoms with Crippen LogP contribution in [0, 0.1) is 5.82 Å². The first kappa shape index (κ1) is 15.9. The number of carboxylic acid groups (broad SMARTS) is 1. The van der Waals surface area contributed by atoms with Gasteiger partial charge in [-0.2, -0.15) is 0 Å². The number of hydrogen-bond acceptors (Lipinski definition) is 4. The topological polar surface area (TPSA) is 59.0 Å². The van der Waals surface area contributed by atoms with Crippen LogP contribution in [0.15, 0.2) is 24.3 Å². The first-order valence-electron chi connectivity index (χ1n) is 6.80. The van der Waals surface area contributed by atoms with Crippen LogP contribution in [-0.2, 0) is 14.3 Å². The van der Waals surface area contributed by atoms with Crippen LogP contribution in [0.4, 0.5) is 4.39 Å². The fourth-order valence-electron chi connectivity index (χ4n) is 2.73. The van der Waals surface area contributed by atoms with Crippen molar-refractivity contribution in [3.8, 4) is 0 Å². The minimum absolute atomic E-state index is 0.380. The second-order valence-corrected chi connectivity index (χ2v) is 5.49. The largest absolute Gasteiger partial charge is 0.480 e. The summed E-state index contributed by atoms with van der Waals surface area (Å²) in [4.78, 5) is 13.5. The van der Waals surface area contributed by atoms with Crippen molar-refractivity contribution in [2.24, 2.45) is 0 Å². The summed E-state index contributed by atoms with van der Waals surface area (Å²) in [5.74, 6) is -1.34. The molecule has 0 spiro atoms. The van der Waals surface area contributed by atoms with Crippen molar-refractivity contribution in [3.05, 3.63) is 35.6 Å². The van der Waals surface area contributed by atoms with Crippen LogP contribution >= 0.6 is 0 Å². The van der Waals surface area contributed by atoms with E-state index in [4.69, 9.17) is 9.47 Å². The summed E-state index contributed by atoms with van der Waals surface area (Å²) in [5.41, 5.74) is 0.0198. The second kappa shape index (κ2) is 6.51. The monoisotopic (exact) mass is 297 g/mol. The molecular weight excluding hydrogens is 277 g/mol. The molecule has 1 fully saturated rings. The van der Waals surface area contributed by atoms with Gasteiger partial charge in [-0.25, -0.2) is 4.39 Å². The first-order chi connectivity index (χ1) is 9.95. The Kier molecular flexibility index (Phi) is 4.92. The molecule has 1 saturated heterocycles. The quantitative estimate of drug-likeness (QED) is 0.896. The summed E-state index contributed by atoms with van der Waals surface area (Å²) in [5, 5.41) is 9.54. The summed E-state index contributed by atoms with van der Waals surface area (Å²) in [7, 11) is 1.59. The molecule has 2 atom stereocenters. The van der Waals surface area contributed by atoms with Crippen molar-refractivity contribution in [2.45, 2.75) is 18.6 Å². The van der Waals surface area contributed by atoms with Crippen molar-refractivity contribution >= 4 is 5.97 Å². The van der Waals surface area contributed by atoms with Crippen LogP contribution in [0.5, 0.6) is 0 Å². The molecule has 0 aromatic heterocycles. The van der Waals surface area contributed by atoms with Crippen LogP contribution in [0.2, 0.25) is 0 Å². The fourth-order valence-corrected chi connectivity index (χ4v) is 2.73. The average molecular weight is 297 g/mol. The summed E-state index contributed by atoms with van der Waals surface area (Å²) in [6, 6.07) is 4.76. The highest BCUT2D eigenvalue weighted by molar-refractivity contribution is 5.75. The van der Waals surface area contributed by atoms with E-state index in [1.54, 1.807) is 7.11 Å². The van der Waals surface area contributed by atoms with E-state index in [1.165, 1.54) is 24.3 Å². The number of benzene rings is 1. The third-order valence-corrected chi connectivity index (χ3v) is 3.60. The number of methoxy groups -OCH3 is 1. The maximum Gasteiger partial charge on any atom is 0.325 e. The zero-order chi connectivity index (χ0) is 15.5. The molecule has 116 valence electrons. The van der Waals surface area contributed by atoms with Gasteiger partial charge in [-0.3, -0.25) is 9.69 Å². The van der Waals surface area contributed by atoms with Crippen molar-refractivity contribution in [1.82, 2.24) is 4.90 Å². The van der Waals surface area contributed by atoms with Gasteiger partial charge in [-0.05, 0) is 24.6 Å². The third-order valence-electron chi connectivity index (χ3n) is 3.60. The van der Waals surface area contributed by atoms with E-state index in [0.29, 0.717) is 31.9 Å². The molecule has 6 heteroatoms. The predicted octanol–water partition coefficient (Wildman–Crippen LogP) is 1.69. The number of aliphatic carboxylic acids is 1. The van der Waals surface area contributed by atoms with Crippen molar-refractivity contribution < 1.29 is 23.8 Å². The predicted molar refractivity (Wildman–Crippen MR) is 74.6 cm³/mol. The Morgan fingerprint density at radius 3 is 2.76 bits per heavy atom. The molecule has 0 saturated carbocycles. The summed E-state index contributed by atoms with van der Waals surface area (Å²) in [6.45, 7) is 3.67. The molecule has 2 unspecified atom stereocenters. The molecule has 1 aromatic rings. The van der Waals surface area contributed by atoms with Gasteiger partial charge in [-0.15, -0.1) is 0 Å². The van der Waals surface area contributed by atoms with Gasteiger partial charge in [-0.1, -0.05) is 12.1 Å². The summed E-state index contributed by atoms with van der Waals surface area (Å²) >= 11 is 0. The molecule has 0 bridgehead atoms. The van der Waals surface area contributed by atoms with E-state index >= 15 is 0 Å². The van der Waals surface area contributed by atoms with Crippen molar-refractivity contribution in [2.75, 3.05) is 33.4 Å². The lowest BCUT2D eigenvalue weighted by Crippen LogP contribution is -2.54. The maximum absolute atomic E-state index is 13.0. The minimum Gasteiger partial charge on any atom is -0.480 e. The smallest absolute Gasteiger partial charge is 0.325 e. The SMILES string of the molecule is COCC1(C)CN(C(C(=O)O)c2ccc(F)cc2)CCO1. The number of carboxylic acids is 1. The van der Waals surface area contributed by atoms with Crippen molar-refractivity contribution in [1.29, 1.82) is 0 Å². The van der Waals surface area contributed by atoms with E-state index in [9.17, 15) is 14.3 Å². The lowest BCUT2D eigenvalue weighted by atomic mass is 10.00. The normalized spacial score (nSPS) is 24.7. The number of halogens is 1. The Morgan fingerprint density at radius 1 is 1.52 bits per heavy atom. The second-order valence-electron chi connectivity index (χ2n) is 5.49. The molecular formula is C15H20FNO4. The molecule has 1 aliphatic rings. The Morgan fingerprint density at radius 2 is 2.19 bits per heavy atom. The summed E-state index contributed by atoms with van der Waals surface area (Å²) in [6.07, 6.45) is 0. The number of hydrogen-bond donors (Lipinski definition) is 1. The van der Waals surface area contributed by atoms with Crippen LogP contribution in [0.3, 0.4) is 0 Å². The molecule has 1 N–H and O–H groups in total. The standard InChI is InChI=1S/C15H20FNO4/c1-15(10-20-2)9-17(7-8-21-15)13(14(18)19)11-3-5-12(16)6-4-11/h3-6,13H,7-10H2,1-2H3,(H,18,19). The Labute approximate surface area is 123 Å². The van der Waals surface area contributed by atoms with Gasteiger partial charge in [0.1, 0.15) is 17.5 Å². The molecule has 0 radical (unpaired) electrons. The molecule has 1 aromatic carbocycles. The van der Waals surface area contributed by atoms with Crippen LogP contribution in [0.1, 0.15) is 18.5 Å². The van der Waals surface area contributed by atoms with Crippen LogP contribution in [0.25, 0.3) is 0 Å². The number of nitrogens with zero attached hydrogens (tertiary/aromatic N) is 1. The van der Waals surface area contributed by atoms with E-state index in [1.807, 2.05) is 11.8 Å². The van der Waals surface area contributed by atoms with Gasteiger partial charge < -0.3 is 14.6 Å². The van der Waals surface area contributed by atoms with Gasteiger partial charge in [0.25, 0.3) is 0 Å². The lowest BCUT2D eigenvalue weighted by Gasteiger charge is -2.42. The highest BCUT2D eigenvalue weighted by Gasteiger charge is 2.38. The molecule has 21 heavy (non-hydrogen) atoms. The molecule has 1 aliphatic heterocycles. The fraction of sp³-hybridized carbons (Fsp3) is 0.533. The highest BCUT2D eigenvalue weighted by atomic mass is 19.1. The average Bonchev–Trinajstić information content (AvgIpc) is 2.41. The number of ether oxygens (including phenoxy) is 2. The van der Waals surface area contributed by atoms with Crippen molar-refractivity contribution in [3.63, 3.8) is 0 Å². The lowest BCUT2D eigenvalue weighted by molar-refractivity contribution is -0.158. The van der Waals surface area contributed by atoms with Gasteiger partial charge in [0.15, 0.2) is 0 Å². The maximum atomic E-state index is 13.0. The van der Waals surface area contributed by atoms with Gasteiger partial charge in [0.05, 0.1) is 13.2 Å². The molecule has 0 aliphatic carbocycles. The minimum atomic E-state index is -0.955. The highest BCUT2D eigenvalue weighted by Crippen LogP contribution is 2.27. The molecule has 1 heterocycles. The number of carbonyl (C=O) groups is 1. The number of morpholine rings is 1.